The number of rotatable bonds is 7. The number of carbonyl (C=O) groups excluding carboxylic acids is 1. The van der Waals surface area contributed by atoms with Gasteiger partial charge in [-0.05, 0) is 47.4 Å². The van der Waals surface area contributed by atoms with E-state index in [2.05, 4.69) is 6.92 Å². The van der Waals surface area contributed by atoms with Gasteiger partial charge in [0.1, 0.15) is 12.4 Å². The van der Waals surface area contributed by atoms with Gasteiger partial charge in [0.2, 0.25) is 0 Å². The van der Waals surface area contributed by atoms with E-state index in [4.69, 9.17) is 4.74 Å². The molecule has 176 valence electrons. The maximum Gasteiger partial charge on any atom is 0.338 e. The Labute approximate surface area is 203 Å². The second-order valence-electron chi connectivity index (χ2n) is 8.74. The first kappa shape index (κ1) is 22.5. The van der Waals surface area contributed by atoms with Crippen molar-refractivity contribution in [1.82, 2.24) is 9.30 Å². The summed E-state index contributed by atoms with van der Waals surface area (Å²) in [6.45, 7) is 2.54. The molecule has 3 heterocycles. The molecule has 35 heavy (non-hydrogen) atoms. The predicted molar refractivity (Wildman–Crippen MR) is 137 cm³/mol. The molecule has 0 spiro atoms. The maximum absolute atomic E-state index is 13.3. The van der Waals surface area contributed by atoms with Crippen molar-refractivity contribution in [2.75, 3.05) is 14.1 Å². The van der Waals surface area contributed by atoms with Crippen LogP contribution in [-0.2, 0) is 13.0 Å². The largest absolute Gasteiger partial charge is 0.489 e. The van der Waals surface area contributed by atoms with E-state index in [1.54, 1.807) is 20.2 Å². The number of aromatic nitrogens is 1. The number of nitrogens with zero attached hydrogens (tertiary/aromatic N) is 2. The van der Waals surface area contributed by atoms with Gasteiger partial charge in [-0.3, -0.25) is 4.79 Å². The van der Waals surface area contributed by atoms with E-state index in [-0.39, 0.29) is 17.0 Å². The van der Waals surface area contributed by atoms with Crippen LogP contribution in [0.5, 0.6) is 5.75 Å². The van der Waals surface area contributed by atoms with Crippen LogP contribution in [-0.4, -0.2) is 40.4 Å². The minimum atomic E-state index is -1.11. The lowest BCUT2D eigenvalue weighted by molar-refractivity contribution is 0.0688. The fourth-order valence-corrected chi connectivity index (χ4v) is 4.82. The van der Waals surface area contributed by atoms with Crippen LogP contribution in [0.1, 0.15) is 38.8 Å². The van der Waals surface area contributed by atoms with Crippen molar-refractivity contribution in [2.24, 2.45) is 0 Å². The molecular formula is C29H26N2O4. The molecule has 0 saturated heterocycles. The molecule has 0 aliphatic heterocycles. The van der Waals surface area contributed by atoms with Crippen LogP contribution >= 0.6 is 0 Å². The van der Waals surface area contributed by atoms with Gasteiger partial charge < -0.3 is 19.1 Å². The number of ether oxygens (including phenoxy) is 1. The zero-order valence-electron chi connectivity index (χ0n) is 19.9. The van der Waals surface area contributed by atoms with Crippen LogP contribution in [0.2, 0.25) is 0 Å². The van der Waals surface area contributed by atoms with Gasteiger partial charge in [-0.25, -0.2) is 4.79 Å². The van der Waals surface area contributed by atoms with Gasteiger partial charge in [-0.15, -0.1) is 0 Å². The monoisotopic (exact) mass is 466 g/mol. The molecule has 5 aromatic rings. The summed E-state index contributed by atoms with van der Waals surface area (Å²) >= 11 is 0. The summed E-state index contributed by atoms with van der Waals surface area (Å²) in [5.74, 6) is -0.701. The van der Waals surface area contributed by atoms with Crippen LogP contribution < -0.4 is 4.74 Å². The molecule has 0 aliphatic carbocycles. The summed E-state index contributed by atoms with van der Waals surface area (Å²) in [5.41, 5.74) is 6.30. The smallest absolute Gasteiger partial charge is 0.338 e. The van der Waals surface area contributed by atoms with Crippen LogP contribution in [0.4, 0.5) is 0 Å². The lowest BCUT2D eigenvalue weighted by Crippen LogP contribution is -2.23. The number of aryl methyl sites for hydroxylation is 1. The minimum absolute atomic E-state index is 0.0380. The van der Waals surface area contributed by atoms with Crippen LogP contribution in [0.15, 0.2) is 72.8 Å². The number of aromatic carboxylic acids is 1. The summed E-state index contributed by atoms with van der Waals surface area (Å²) < 4.78 is 7.88. The second-order valence-corrected chi connectivity index (χ2v) is 8.74. The Morgan fingerprint density at radius 2 is 1.57 bits per heavy atom. The third kappa shape index (κ3) is 3.67. The maximum atomic E-state index is 13.3. The second kappa shape index (κ2) is 8.80. The Kier molecular flexibility index (Phi) is 5.65. The summed E-state index contributed by atoms with van der Waals surface area (Å²) in [5, 5.41) is 10.1. The summed E-state index contributed by atoms with van der Waals surface area (Å²) in [4.78, 5) is 27.0. The summed E-state index contributed by atoms with van der Waals surface area (Å²) in [7, 11) is 3.28. The number of amides is 1. The first-order valence-electron chi connectivity index (χ1n) is 11.6. The number of carboxylic acids is 1. The van der Waals surface area contributed by atoms with Crippen molar-refractivity contribution < 1.29 is 19.4 Å². The highest BCUT2D eigenvalue weighted by Crippen LogP contribution is 2.42. The fraction of sp³-hybridized carbons (Fsp3) is 0.172. The van der Waals surface area contributed by atoms with Crippen LogP contribution in [0, 0.1) is 0 Å². The topological polar surface area (TPSA) is 71.2 Å². The molecule has 0 unspecified atom stereocenters. The van der Waals surface area contributed by atoms with Gasteiger partial charge >= 0.3 is 5.97 Å². The number of benzene rings is 2. The standard InChI is InChI=1S/C29H26N2O4/c1-4-21-22-11-8-12-23-25(29(33)34)26(28(32)30(2)3)27(31(22)23)24(21)19-13-15-20(16-14-19)35-17-18-9-6-5-7-10-18/h5-16H,4,17H2,1-3H3,(H,33,34). The Balaban J connectivity index is 1.68. The van der Waals surface area contributed by atoms with Crippen LogP contribution in [0.3, 0.4) is 0 Å². The Hall–Kier alpha value is -4.32. The Bertz CT molecular complexity index is 1530. The molecule has 1 amide bonds. The van der Waals surface area contributed by atoms with Gasteiger partial charge in [0, 0.05) is 19.7 Å². The van der Waals surface area contributed by atoms with E-state index in [1.807, 2.05) is 71.1 Å². The lowest BCUT2D eigenvalue weighted by atomic mass is 9.96. The van der Waals surface area contributed by atoms with E-state index < -0.39 is 5.97 Å². The van der Waals surface area contributed by atoms with E-state index in [0.29, 0.717) is 17.6 Å². The van der Waals surface area contributed by atoms with Crippen molar-refractivity contribution in [3.8, 4) is 16.9 Å². The normalized spacial score (nSPS) is 11.3. The third-order valence-electron chi connectivity index (χ3n) is 6.38. The van der Waals surface area contributed by atoms with Gasteiger partial charge in [0.15, 0.2) is 0 Å². The average molecular weight is 467 g/mol. The van der Waals surface area contributed by atoms with Gasteiger partial charge in [-0.2, -0.15) is 0 Å². The van der Waals surface area contributed by atoms with Gasteiger partial charge in [0.05, 0.1) is 27.7 Å². The SMILES string of the molecule is CCc1c(-c2ccc(OCc3ccccc3)cc2)c2c(C(=O)N(C)C)c(C(=O)O)c3cccc1n32. The first-order chi connectivity index (χ1) is 16.9. The molecule has 6 heteroatoms. The van der Waals surface area contributed by atoms with Gasteiger partial charge in [0.25, 0.3) is 5.91 Å². The molecule has 3 aromatic heterocycles. The highest BCUT2D eigenvalue weighted by molar-refractivity contribution is 6.19. The van der Waals surface area contributed by atoms with Crippen molar-refractivity contribution in [3.05, 3.63) is 95.1 Å². The zero-order valence-corrected chi connectivity index (χ0v) is 19.9. The minimum Gasteiger partial charge on any atom is -0.489 e. The Morgan fingerprint density at radius 3 is 2.20 bits per heavy atom. The molecule has 0 saturated carbocycles. The summed E-state index contributed by atoms with van der Waals surface area (Å²) in [6.07, 6.45) is 0.736. The Morgan fingerprint density at radius 1 is 0.886 bits per heavy atom. The fourth-order valence-electron chi connectivity index (χ4n) is 4.82. The molecule has 0 radical (unpaired) electrons. The molecule has 5 rings (SSSR count). The van der Waals surface area contributed by atoms with Crippen molar-refractivity contribution >= 4 is 28.4 Å². The molecule has 1 N–H and O–H groups in total. The van der Waals surface area contributed by atoms with E-state index in [0.717, 1.165) is 39.9 Å². The third-order valence-corrected chi connectivity index (χ3v) is 6.38. The van der Waals surface area contributed by atoms with Gasteiger partial charge in [-0.1, -0.05) is 55.5 Å². The van der Waals surface area contributed by atoms with E-state index in [1.165, 1.54) is 4.90 Å². The van der Waals surface area contributed by atoms with Crippen LogP contribution in [0.25, 0.3) is 27.7 Å². The highest BCUT2D eigenvalue weighted by Gasteiger charge is 2.32. The number of carboxylic acid groups (broad SMARTS) is 1. The van der Waals surface area contributed by atoms with Crippen molar-refractivity contribution in [2.45, 2.75) is 20.0 Å². The zero-order chi connectivity index (χ0) is 24.7. The molecule has 0 fully saturated rings. The molecule has 0 aliphatic rings. The highest BCUT2D eigenvalue weighted by atomic mass is 16.5. The van der Waals surface area contributed by atoms with E-state index in [9.17, 15) is 14.7 Å². The first-order valence-corrected chi connectivity index (χ1v) is 11.6. The summed E-state index contributed by atoms with van der Waals surface area (Å²) in [6, 6.07) is 23.3. The number of pyridine rings is 1. The number of hydrogen-bond donors (Lipinski definition) is 1. The average Bonchev–Trinajstić information content (AvgIpc) is 3.39. The predicted octanol–water partition coefficient (Wildman–Crippen LogP) is 5.74. The van der Waals surface area contributed by atoms with E-state index >= 15 is 0 Å². The lowest BCUT2D eigenvalue weighted by Gasteiger charge is -2.12. The number of hydrogen-bond acceptors (Lipinski definition) is 3. The van der Waals surface area contributed by atoms with Crippen molar-refractivity contribution in [1.29, 1.82) is 0 Å². The number of carbonyl (C=O) groups is 2. The molecule has 0 bridgehead atoms. The molecule has 2 aromatic carbocycles. The quantitative estimate of drug-likeness (QED) is 0.332. The van der Waals surface area contributed by atoms with Crippen molar-refractivity contribution in [3.63, 3.8) is 0 Å². The molecule has 6 nitrogen and oxygen atoms in total. The molecule has 0 atom stereocenters. The molecular weight excluding hydrogens is 440 g/mol.